The summed E-state index contributed by atoms with van der Waals surface area (Å²) >= 11 is 0. The predicted molar refractivity (Wildman–Crippen MR) is 217 cm³/mol. The molecule has 0 aromatic carbocycles. The molecule has 1 atom stereocenters. The molecule has 0 N–H and O–H groups in total. The summed E-state index contributed by atoms with van der Waals surface area (Å²) in [6, 6.07) is 0. The van der Waals surface area contributed by atoms with E-state index in [4.69, 9.17) is 9.47 Å². The summed E-state index contributed by atoms with van der Waals surface area (Å²) in [5, 5.41) is 0. The Balaban J connectivity index is 1.45. The summed E-state index contributed by atoms with van der Waals surface area (Å²) in [4.78, 5) is 0. The zero-order valence-corrected chi connectivity index (χ0v) is 33.6. The second-order valence-electron chi connectivity index (χ2n) is 16.4. The van der Waals surface area contributed by atoms with Gasteiger partial charge in [0, 0.05) is 13.2 Å². The second-order valence-corrected chi connectivity index (χ2v) is 16.4. The van der Waals surface area contributed by atoms with E-state index in [0.29, 0.717) is 0 Å². The van der Waals surface area contributed by atoms with Crippen LogP contribution < -0.4 is 0 Å². The lowest BCUT2D eigenvalue weighted by molar-refractivity contribution is -0.945. The quantitative estimate of drug-likeness (QED) is 0.0368. The molecule has 49 heavy (non-hydrogen) atoms. The van der Waals surface area contributed by atoms with E-state index >= 15 is 0 Å². The summed E-state index contributed by atoms with van der Waals surface area (Å²) < 4.78 is 14.2. The van der Waals surface area contributed by atoms with Crippen LogP contribution in [0.3, 0.4) is 0 Å². The number of hydrogen-bond donors (Lipinski definition) is 0. The van der Waals surface area contributed by atoms with Crippen LogP contribution in [0.5, 0.6) is 0 Å². The highest BCUT2D eigenvalue weighted by Gasteiger charge is 2.41. The van der Waals surface area contributed by atoms with E-state index in [9.17, 15) is 0 Å². The molecule has 3 nitrogen and oxygen atoms in total. The summed E-state index contributed by atoms with van der Waals surface area (Å²) in [6.07, 6.45) is 52.4. The van der Waals surface area contributed by atoms with Gasteiger partial charge in [-0.25, -0.2) is 0 Å². The molecule has 3 fully saturated rings. The molecule has 3 aliphatic heterocycles. The van der Waals surface area contributed by atoms with Gasteiger partial charge in [0.15, 0.2) is 0 Å². The zero-order valence-electron chi connectivity index (χ0n) is 33.6. The van der Waals surface area contributed by atoms with E-state index < -0.39 is 0 Å². The first-order valence-corrected chi connectivity index (χ1v) is 22.6. The Labute approximate surface area is 308 Å². The fourth-order valence-electron chi connectivity index (χ4n) is 8.26. The van der Waals surface area contributed by atoms with E-state index in [0.717, 1.165) is 25.7 Å². The molecule has 288 valence electrons. The van der Waals surface area contributed by atoms with Crippen molar-refractivity contribution in [3.63, 3.8) is 0 Å². The van der Waals surface area contributed by atoms with Gasteiger partial charge in [-0.3, -0.25) is 0 Å². The number of ether oxygens (including phenoxy) is 2. The summed E-state index contributed by atoms with van der Waals surface area (Å²) in [5.41, 5.74) is 0. The van der Waals surface area contributed by atoms with Crippen molar-refractivity contribution in [2.45, 2.75) is 219 Å². The van der Waals surface area contributed by atoms with Crippen LogP contribution in [0.4, 0.5) is 0 Å². The molecule has 1 unspecified atom stereocenters. The molecule has 3 heteroatoms. The smallest absolute Gasteiger partial charge is 0.130 e. The van der Waals surface area contributed by atoms with Crippen molar-refractivity contribution >= 4 is 0 Å². The normalized spacial score (nSPS) is 19.9. The van der Waals surface area contributed by atoms with Gasteiger partial charge >= 0.3 is 0 Å². The predicted octanol–water partition coefficient (Wildman–Crippen LogP) is 14.1. The lowest BCUT2D eigenvalue weighted by Gasteiger charge is -2.50. The number of allylic oxidation sites excluding steroid dienone is 4. The van der Waals surface area contributed by atoms with Crippen molar-refractivity contribution in [2.24, 2.45) is 5.92 Å². The molecule has 3 saturated heterocycles. The van der Waals surface area contributed by atoms with Crippen LogP contribution in [0.25, 0.3) is 0 Å². The maximum absolute atomic E-state index is 6.59. The third kappa shape index (κ3) is 25.9. The van der Waals surface area contributed by atoms with Gasteiger partial charge < -0.3 is 14.0 Å². The number of rotatable bonds is 37. The number of fused-ring (bicyclic) bond motifs is 3. The highest BCUT2D eigenvalue weighted by atomic mass is 16.5. The third-order valence-electron chi connectivity index (χ3n) is 11.7. The van der Waals surface area contributed by atoms with Crippen molar-refractivity contribution in [3.05, 3.63) is 24.3 Å². The maximum Gasteiger partial charge on any atom is 0.130 e. The molecule has 0 radical (unpaired) electrons. The first-order valence-electron chi connectivity index (χ1n) is 22.6. The Hall–Kier alpha value is -0.640. The molecule has 0 aromatic rings. The Morgan fingerprint density at radius 3 is 1.27 bits per heavy atom. The second kappa shape index (κ2) is 33.2. The summed E-state index contributed by atoms with van der Waals surface area (Å²) in [7, 11) is 0. The largest absolute Gasteiger partial charge is 0.379 e. The van der Waals surface area contributed by atoms with Gasteiger partial charge in [0.2, 0.25) is 0 Å². The SMILES string of the molecule is CCCCCCCC/C=C\CCCCCCCCOCC(C[N+]12CCC(CC1)CC2)OCCCCCCCC/C=C\CCCCCCCC. The average Bonchev–Trinajstić information content (AvgIpc) is 3.13. The minimum Gasteiger partial charge on any atom is -0.379 e. The van der Waals surface area contributed by atoms with Crippen molar-refractivity contribution in [2.75, 3.05) is 46.0 Å². The molecule has 0 aliphatic carbocycles. The summed E-state index contributed by atoms with van der Waals surface area (Å²) in [6.45, 7) is 12.6. The van der Waals surface area contributed by atoms with Gasteiger partial charge in [0.05, 0.1) is 26.2 Å². The minimum absolute atomic E-state index is 0.284. The molecule has 3 rings (SSSR count). The van der Waals surface area contributed by atoms with Crippen LogP contribution in [0, 0.1) is 5.92 Å². The topological polar surface area (TPSA) is 18.5 Å². The minimum atomic E-state index is 0.284. The van der Waals surface area contributed by atoms with Gasteiger partial charge in [-0.2, -0.15) is 0 Å². The van der Waals surface area contributed by atoms with Gasteiger partial charge in [-0.1, -0.05) is 154 Å². The molecule has 3 heterocycles. The number of nitrogens with zero attached hydrogens (tertiary/aromatic N) is 1. The van der Waals surface area contributed by atoms with E-state index in [-0.39, 0.29) is 6.10 Å². The number of piperidine rings is 3. The van der Waals surface area contributed by atoms with Crippen LogP contribution in [0.15, 0.2) is 24.3 Å². The lowest BCUT2D eigenvalue weighted by atomic mass is 9.85. The van der Waals surface area contributed by atoms with Crippen LogP contribution in [0.2, 0.25) is 0 Å². The standard InChI is InChI=1S/C46H88NO2/c1-3-5-7-9-11-13-15-17-19-21-23-25-27-29-31-33-41-48-44-46(43-47-38-35-45(36-39-47)37-40-47)49-42-34-32-30-28-26-24-22-20-18-16-14-12-10-8-6-4-2/h17-20,45-46H,3-16,21-44H2,1-2H3/q+1/b19-17-,20-18-. The van der Waals surface area contributed by atoms with Crippen LogP contribution in [0.1, 0.15) is 213 Å². The van der Waals surface area contributed by atoms with Crippen LogP contribution >= 0.6 is 0 Å². The molecule has 0 spiro atoms. The molecule has 0 aromatic heterocycles. The Bertz CT molecular complexity index is 726. The molecule has 0 amide bonds. The van der Waals surface area contributed by atoms with Crippen molar-refractivity contribution in [1.29, 1.82) is 0 Å². The molecule has 3 aliphatic rings. The van der Waals surface area contributed by atoms with Gasteiger partial charge in [0.1, 0.15) is 12.6 Å². The average molecular weight is 687 g/mol. The van der Waals surface area contributed by atoms with Crippen molar-refractivity contribution < 1.29 is 14.0 Å². The Morgan fingerprint density at radius 2 is 0.837 bits per heavy atom. The highest BCUT2D eigenvalue weighted by molar-refractivity contribution is 4.82. The fourth-order valence-corrected chi connectivity index (χ4v) is 8.26. The first kappa shape index (κ1) is 44.5. The van der Waals surface area contributed by atoms with Crippen molar-refractivity contribution in [3.8, 4) is 0 Å². The molecular weight excluding hydrogens is 599 g/mol. The van der Waals surface area contributed by atoms with Gasteiger partial charge in [-0.15, -0.1) is 0 Å². The zero-order chi connectivity index (χ0) is 34.8. The summed E-state index contributed by atoms with van der Waals surface area (Å²) in [5.74, 6) is 1.02. The van der Waals surface area contributed by atoms with Gasteiger partial charge in [0.25, 0.3) is 0 Å². The maximum atomic E-state index is 6.59. The lowest BCUT2D eigenvalue weighted by Crippen LogP contribution is -2.61. The molecular formula is C46H88NO2+. The monoisotopic (exact) mass is 687 g/mol. The first-order chi connectivity index (χ1) is 24.3. The van der Waals surface area contributed by atoms with E-state index in [1.165, 1.54) is 230 Å². The van der Waals surface area contributed by atoms with E-state index in [2.05, 4.69) is 38.2 Å². The van der Waals surface area contributed by atoms with Crippen LogP contribution in [-0.2, 0) is 9.47 Å². The Morgan fingerprint density at radius 1 is 0.469 bits per heavy atom. The van der Waals surface area contributed by atoms with Crippen LogP contribution in [-0.4, -0.2) is 56.6 Å². The molecule has 0 saturated carbocycles. The number of hydrogen-bond acceptors (Lipinski definition) is 2. The molecule has 2 bridgehead atoms. The van der Waals surface area contributed by atoms with Crippen molar-refractivity contribution in [1.82, 2.24) is 0 Å². The fraction of sp³-hybridized carbons (Fsp3) is 0.913. The third-order valence-corrected chi connectivity index (χ3v) is 11.7. The van der Waals surface area contributed by atoms with Gasteiger partial charge in [-0.05, 0) is 89.4 Å². The van der Waals surface area contributed by atoms with E-state index in [1.807, 2.05) is 0 Å². The van der Waals surface area contributed by atoms with E-state index in [1.54, 1.807) is 0 Å². The number of quaternary nitrogens is 1. The Kier molecular flexibility index (Phi) is 30.2. The highest BCUT2D eigenvalue weighted by Crippen LogP contribution is 2.34. The number of unbranched alkanes of at least 4 members (excludes halogenated alkanes) is 24.